The lowest BCUT2D eigenvalue weighted by molar-refractivity contribution is 0.331. The summed E-state index contributed by atoms with van der Waals surface area (Å²) in [5.41, 5.74) is 0.813. The summed E-state index contributed by atoms with van der Waals surface area (Å²) < 4.78 is 5.31. The summed E-state index contributed by atoms with van der Waals surface area (Å²) in [7, 11) is 0. The van der Waals surface area contributed by atoms with Gasteiger partial charge in [-0.25, -0.2) is 9.97 Å². The van der Waals surface area contributed by atoms with E-state index in [1.165, 1.54) is 6.33 Å². The molecule has 0 atom stereocenters. The normalized spacial score (nSPS) is 10.4. The van der Waals surface area contributed by atoms with E-state index >= 15 is 0 Å². The quantitative estimate of drug-likeness (QED) is 0.727. The number of H-pyrrole nitrogens is 1. The Morgan fingerprint density at radius 1 is 1.50 bits per heavy atom. The molecule has 2 aromatic rings. The van der Waals surface area contributed by atoms with E-state index in [1.54, 1.807) is 0 Å². The third-order valence-electron chi connectivity index (χ3n) is 1.60. The van der Waals surface area contributed by atoms with Crippen LogP contribution in [0, 0.1) is 0 Å². The molecule has 0 aliphatic carbocycles. The van der Waals surface area contributed by atoms with Crippen LogP contribution in [0.4, 0.5) is 0 Å². The molecular weight excluding hydrogens is 154 g/mol. The van der Waals surface area contributed by atoms with Crippen LogP contribution in [-0.2, 0) is 0 Å². The molecule has 12 heavy (non-hydrogen) atoms. The zero-order valence-electron chi connectivity index (χ0n) is 6.74. The van der Waals surface area contributed by atoms with Crippen molar-refractivity contribution in [3.8, 4) is 5.88 Å². The summed E-state index contributed by atoms with van der Waals surface area (Å²) in [6.07, 6.45) is 3.31. The molecule has 0 unspecified atom stereocenters. The molecule has 0 aromatic carbocycles. The van der Waals surface area contributed by atoms with E-state index in [1.807, 2.05) is 19.2 Å². The van der Waals surface area contributed by atoms with Crippen LogP contribution >= 0.6 is 0 Å². The molecule has 0 bridgehead atoms. The lowest BCUT2D eigenvalue weighted by atomic mass is 10.4. The highest BCUT2D eigenvalue weighted by molar-refractivity contribution is 5.80. The average molecular weight is 163 g/mol. The Bertz CT molecular complexity index is 382. The highest BCUT2D eigenvalue weighted by Crippen LogP contribution is 2.19. The van der Waals surface area contributed by atoms with Gasteiger partial charge in [0, 0.05) is 6.20 Å². The lowest BCUT2D eigenvalue weighted by Crippen LogP contribution is -1.95. The van der Waals surface area contributed by atoms with Gasteiger partial charge in [0.2, 0.25) is 5.88 Å². The van der Waals surface area contributed by atoms with Gasteiger partial charge in [-0.15, -0.1) is 0 Å². The van der Waals surface area contributed by atoms with Crippen molar-refractivity contribution in [2.24, 2.45) is 0 Å². The second-order valence-corrected chi connectivity index (χ2v) is 2.35. The fourth-order valence-electron chi connectivity index (χ4n) is 1.10. The number of hydrogen-bond donors (Lipinski definition) is 1. The molecule has 2 rings (SSSR count). The number of rotatable bonds is 2. The first-order chi connectivity index (χ1) is 5.92. The minimum atomic E-state index is 0.622. The molecule has 0 radical (unpaired) electrons. The van der Waals surface area contributed by atoms with Gasteiger partial charge in [-0.05, 0) is 13.0 Å². The lowest BCUT2D eigenvalue weighted by Gasteiger charge is -2.00. The monoisotopic (exact) mass is 163 g/mol. The van der Waals surface area contributed by atoms with E-state index in [0.29, 0.717) is 12.5 Å². The second-order valence-electron chi connectivity index (χ2n) is 2.35. The minimum absolute atomic E-state index is 0.622. The van der Waals surface area contributed by atoms with E-state index in [9.17, 15) is 0 Å². The van der Waals surface area contributed by atoms with Crippen LogP contribution in [0.25, 0.3) is 11.0 Å². The molecule has 1 N–H and O–H groups in total. The molecule has 0 aliphatic heterocycles. The fourth-order valence-corrected chi connectivity index (χ4v) is 1.10. The van der Waals surface area contributed by atoms with Gasteiger partial charge < -0.3 is 9.72 Å². The predicted molar refractivity (Wildman–Crippen MR) is 45.1 cm³/mol. The van der Waals surface area contributed by atoms with Crippen molar-refractivity contribution < 1.29 is 4.74 Å². The largest absolute Gasteiger partial charge is 0.477 e. The Labute approximate surface area is 69.6 Å². The molecule has 2 aromatic heterocycles. The average Bonchev–Trinajstić information content (AvgIpc) is 2.53. The first kappa shape index (κ1) is 7.09. The van der Waals surface area contributed by atoms with Gasteiger partial charge >= 0.3 is 0 Å². The summed E-state index contributed by atoms with van der Waals surface area (Å²) in [6, 6.07) is 1.90. The number of nitrogens with zero attached hydrogens (tertiary/aromatic N) is 2. The highest BCUT2D eigenvalue weighted by Gasteiger charge is 2.03. The Balaban J connectivity index is 2.57. The van der Waals surface area contributed by atoms with Crippen LogP contribution in [0.3, 0.4) is 0 Å². The summed E-state index contributed by atoms with van der Waals surface area (Å²) >= 11 is 0. The summed E-state index contributed by atoms with van der Waals surface area (Å²) in [6.45, 7) is 2.55. The SMILES string of the molecule is CCOc1ncnc2[nH]ccc12. The topological polar surface area (TPSA) is 50.8 Å². The van der Waals surface area contributed by atoms with E-state index in [2.05, 4.69) is 15.0 Å². The molecule has 4 nitrogen and oxygen atoms in total. The summed E-state index contributed by atoms with van der Waals surface area (Å²) in [5.74, 6) is 0.642. The first-order valence-corrected chi connectivity index (χ1v) is 3.82. The number of aromatic amines is 1. The van der Waals surface area contributed by atoms with Gasteiger partial charge in [0.25, 0.3) is 0 Å². The Morgan fingerprint density at radius 3 is 3.25 bits per heavy atom. The van der Waals surface area contributed by atoms with Crippen molar-refractivity contribution >= 4 is 11.0 Å². The van der Waals surface area contributed by atoms with Crippen molar-refractivity contribution in [3.63, 3.8) is 0 Å². The van der Waals surface area contributed by atoms with Crippen molar-refractivity contribution in [1.29, 1.82) is 0 Å². The van der Waals surface area contributed by atoms with Crippen LogP contribution in [0.1, 0.15) is 6.92 Å². The molecule has 4 heteroatoms. The molecule has 0 fully saturated rings. The number of ether oxygens (including phenoxy) is 1. The molecule has 2 heterocycles. The maximum atomic E-state index is 5.31. The van der Waals surface area contributed by atoms with Crippen LogP contribution < -0.4 is 4.74 Å². The van der Waals surface area contributed by atoms with Gasteiger partial charge in [-0.3, -0.25) is 0 Å². The predicted octanol–water partition coefficient (Wildman–Crippen LogP) is 1.36. The van der Waals surface area contributed by atoms with E-state index < -0.39 is 0 Å². The molecule has 0 spiro atoms. The molecule has 0 amide bonds. The zero-order valence-corrected chi connectivity index (χ0v) is 6.74. The zero-order chi connectivity index (χ0) is 8.39. The van der Waals surface area contributed by atoms with Crippen molar-refractivity contribution in [2.45, 2.75) is 6.92 Å². The Morgan fingerprint density at radius 2 is 2.42 bits per heavy atom. The molecule has 0 saturated carbocycles. The fraction of sp³-hybridized carbons (Fsp3) is 0.250. The number of fused-ring (bicyclic) bond motifs is 1. The van der Waals surface area contributed by atoms with Gasteiger partial charge in [-0.1, -0.05) is 0 Å². The minimum Gasteiger partial charge on any atom is -0.477 e. The molecular formula is C8H9N3O. The van der Waals surface area contributed by atoms with E-state index in [0.717, 1.165) is 11.0 Å². The van der Waals surface area contributed by atoms with Gasteiger partial charge in [-0.2, -0.15) is 0 Å². The third kappa shape index (κ3) is 1.01. The molecule has 62 valence electrons. The maximum absolute atomic E-state index is 5.31. The summed E-state index contributed by atoms with van der Waals surface area (Å²) in [4.78, 5) is 11.0. The van der Waals surface area contributed by atoms with Crippen molar-refractivity contribution in [3.05, 3.63) is 18.6 Å². The standard InChI is InChI=1S/C8H9N3O/c1-2-12-8-6-3-4-9-7(6)10-5-11-8/h3-5H,2H2,1H3,(H,9,10,11). The number of nitrogens with one attached hydrogen (secondary N) is 1. The second kappa shape index (κ2) is 2.81. The number of hydrogen-bond acceptors (Lipinski definition) is 3. The maximum Gasteiger partial charge on any atom is 0.226 e. The van der Waals surface area contributed by atoms with Crippen LogP contribution in [0.15, 0.2) is 18.6 Å². The van der Waals surface area contributed by atoms with Crippen molar-refractivity contribution in [1.82, 2.24) is 15.0 Å². The Hall–Kier alpha value is -1.58. The van der Waals surface area contributed by atoms with Crippen LogP contribution in [0.2, 0.25) is 0 Å². The van der Waals surface area contributed by atoms with Gasteiger partial charge in [0.05, 0.1) is 12.0 Å². The molecule has 0 aliphatic rings. The smallest absolute Gasteiger partial charge is 0.226 e. The summed E-state index contributed by atoms with van der Waals surface area (Å²) in [5, 5.41) is 0.930. The van der Waals surface area contributed by atoms with E-state index in [4.69, 9.17) is 4.74 Å². The van der Waals surface area contributed by atoms with Gasteiger partial charge in [0.15, 0.2) is 0 Å². The molecule has 0 saturated heterocycles. The van der Waals surface area contributed by atoms with Crippen LogP contribution in [0.5, 0.6) is 5.88 Å². The van der Waals surface area contributed by atoms with Crippen LogP contribution in [-0.4, -0.2) is 21.6 Å². The Kier molecular flexibility index (Phi) is 1.66. The van der Waals surface area contributed by atoms with Crippen molar-refractivity contribution in [2.75, 3.05) is 6.61 Å². The third-order valence-corrected chi connectivity index (χ3v) is 1.60. The highest BCUT2D eigenvalue weighted by atomic mass is 16.5. The van der Waals surface area contributed by atoms with Gasteiger partial charge in [0.1, 0.15) is 12.0 Å². The van der Waals surface area contributed by atoms with E-state index in [-0.39, 0.29) is 0 Å². The number of aromatic nitrogens is 3. The first-order valence-electron chi connectivity index (χ1n) is 3.82.